The van der Waals surface area contributed by atoms with Crippen LogP contribution in [0.1, 0.15) is 12.8 Å². The van der Waals surface area contributed by atoms with Gasteiger partial charge in [0.2, 0.25) is 11.8 Å². The number of benzene rings is 1. The minimum absolute atomic E-state index is 0.0903. The first-order valence-electron chi connectivity index (χ1n) is 7.12. The molecule has 0 saturated heterocycles. The highest BCUT2D eigenvalue weighted by atomic mass is 16.2. The van der Waals surface area contributed by atoms with Crippen LogP contribution < -0.4 is 10.6 Å². The maximum Gasteiger partial charge on any atom is 0.228 e. The molecule has 2 amide bonds. The van der Waals surface area contributed by atoms with Gasteiger partial charge in [0.15, 0.2) is 0 Å². The number of nitrogens with one attached hydrogen (secondary N) is 2. The molecule has 0 radical (unpaired) electrons. The molecular formula is C17H20N2O2. The molecule has 1 aliphatic carbocycles. The Hall–Kier alpha value is -2.36. The molecule has 0 unspecified atom stereocenters. The topological polar surface area (TPSA) is 58.2 Å². The number of allylic oxidation sites excluding steroid dienone is 2. The van der Waals surface area contributed by atoms with Gasteiger partial charge in [0.1, 0.15) is 0 Å². The maximum atomic E-state index is 12.4. The van der Waals surface area contributed by atoms with E-state index in [2.05, 4.69) is 17.2 Å². The van der Waals surface area contributed by atoms with E-state index < -0.39 is 0 Å². The maximum absolute atomic E-state index is 12.4. The van der Waals surface area contributed by atoms with E-state index in [1.807, 2.05) is 42.5 Å². The van der Waals surface area contributed by atoms with Crippen LogP contribution in [-0.2, 0) is 9.59 Å². The van der Waals surface area contributed by atoms with Crippen molar-refractivity contribution >= 4 is 17.5 Å². The van der Waals surface area contributed by atoms with Crippen LogP contribution in [0.2, 0.25) is 0 Å². The first-order valence-corrected chi connectivity index (χ1v) is 7.12. The molecule has 1 aliphatic rings. The molecule has 0 aromatic heterocycles. The van der Waals surface area contributed by atoms with Gasteiger partial charge in [0.05, 0.1) is 11.8 Å². The van der Waals surface area contributed by atoms with Crippen molar-refractivity contribution in [3.05, 3.63) is 55.1 Å². The van der Waals surface area contributed by atoms with Gasteiger partial charge in [-0.15, -0.1) is 6.58 Å². The number of carbonyl (C=O) groups excluding carboxylic acids is 2. The summed E-state index contributed by atoms with van der Waals surface area (Å²) in [6.07, 6.45) is 6.74. The van der Waals surface area contributed by atoms with E-state index in [9.17, 15) is 9.59 Å². The Kier molecular flexibility index (Phi) is 5.32. The largest absolute Gasteiger partial charge is 0.352 e. The fourth-order valence-corrected chi connectivity index (χ4v) is 2.45. The summed E-state index contributed by atoms with van der Waals surface area (Å²) in [4.78, 5) is 24.6. The van der Waals surface area contributed by atoms with Crippen LogP contribution in [0.15, 0.2) is 55.1 Å². The van der Waals surface area contributed by atoms with Gasteiger partial charge in [-0.25, -0.2) is 0 Å². The zero-order valence-corrected chi connectivity index (χ0v) is 11.9. The molecule has 4 nitrogen and oxygen atoms in total. The van der Waals surface area contributed by atoms with E-state index in [-0.39, 0.29) is 23.7 Å². The predicted octanol–water partition coefficient (Wildman–Crippen LogP) is 2.51. The van der Waals surface area contributed by atoms with Gasteiger partial charge in [0.25, 0.3) is 0 Å². The molecule has 0 spiro atoms. The lowest BCUT2D eigenvalue weighted by Gasteiger charge is -2.26. The van der Waals surface area contributed by atoms with Crippen molar-refractivity contribution in [2.45, 2.75) is 12.8 Å². The zero-order chi connectivity index (χ0) is 15.1. The Morgan fingerprint density at radius 1 is 1.10 bits per heavy atom. The highest BCUT2D eigenvalue weighted by Crippen LogP contribution is 2.27. The Balaban J connectivity index is 2.04. The van der Waals surface area contributed by atoms with Crippen LogP contribution in [-0.4, -0.2) is 18.4 Å². The Morgan fingerprint density at radius 2 is 1.71 bits per heavy atom. The fourth-order valence-electron chi connectivity index (χ4n) is 2.45. The summed E-state index contributed by atoms with van der Waals surface area (Å²) in [5.74, 6) is -0.851. The number of rotatable bonds is 5. The molecule has 0 heterocycles. The summed E-state index contributed by atoms with van der Waals surface area (Å²) in [5, 5.41) is 5.66. The minimum Gasteiger partial charge on any atom is -0.352 e. The molecule has 2 rings (SSSR count). The normalized spacial score (nSPS) is 20.6. The van der Waals surface area contributed by atoms with Crippen molar-refractivity contribution < 1.29 is 9.59 Å². The van der Waals surface area contributed by atoms with E-state index in [0.717, 1.165) is 5.69 Å². The third-order valence-electron chi connectivity index (χ3n) is 3.57. The summed E-state index contributed by atoms with van der Waals surface area (Å²) in [6, 6.07) is 9.30. The molecule has 0 saturated carbocycles. The molecule has 110 valence electrons. The van der Waals surface area contributed by atoms with Crippen LogP contribution in [0, 0.1) is 11.8 Å². The van der Waals surface area contributed by atoms with E-state index in [0.29, 0.717) is 19.4 Å². The standard InChI is InChI=1S/C17H20N2O2/c1-2-12-18-16(20)14-10-6-7-11-15(14)17(21)19-13-8-4-3-5-9-13/h2-9,14-15H,1,10-12H2,(H,18,20)(H,19,21)/t14-,15+/m0/s1. The average Bonchev–Trinajstić information content (AvgIpc) is 2.53. The minimum atomic E-state index is -0.333. The average molecular weight is 284 g/mol. The molecule has 21 heavy (non-hydrogen) atoms. The van der Waals surface area contributed by atoms with Crippen LogP contribution >= 0.6 is 0 Å². The van der Waals surface area contributed by atoms with Gasteiger partial charge in [-0.3, -0.25) is 9.59 Å². The van der Waals surface area contributed by atoms with E-state index in [4.69, 9.17) is 0 Å². The van der Waals surface area contributed by atoms with Gasteiger partial charge in [-0.1, -0.05) is 36.4 Å². The van der Waals surface area contributed by atoms with Crippen molar-refractivity contribution in [1.29, 1.82) is 0 Å². The zero-order valence-electron chi connectivity index (χ0n) is 11.9. The van der Waals surface area contributed by atoms with Crippen LogP contribution in [0.5, 0.6) is 0 Å². The van der Waals surface area contributed by atoms with Crippen molar-refractivity contribution in [2.75, 3.05) is 11.9 Å². The number of hydrogen-bond acceptors (Lipinski definition) is 2. The van der Waals surface area contributed by atoms with Gasteiger partial charge >= 0.3 is 0 Å². The van der Waals surface area contributed by atoms with Gasteiger partial charge in [0, 0.05) is 12.2 Å². The third kappa shape index (κ3) is 4.05. The SMILES string of the molecule is C=CCNC(=O)[C@H]1CC=CC[C@H]1C(=O)Nc1ccccc1. The predicted molar refractivity (Wildman–Crippen MR) is 83.6 cm³/mol. The molecular weight excluding hydrogens is 264 g/mol. The van der Waals surface area contributed by atoms with Crippen LogP contribution in [0.25, 0.3) is 0 Å². The highest BCUT2D eigenvalue weighted by Gasteiger charge is 2.33. The first-order chi connectivity index (χ1) is 10.2. The second-order valence-corrected chi connectivity index (χ2v) is 5.04. The summed E-state index contributed by atoms with van der Waals surface area (Å²) in [7, 11) is 0. The molecule has 2 atom stereocenters. The molecule has 0 aliphatic heterocycles. The second kappa shape index (κ2) is 7.43. The number of carbonyl (C=O) groups is 2. The van der Waals surface area contributed by atoms with Crippen LogP contribution in [0.4, 0.5) is 5.69 Å². The van der Waals surface area contributed by atoms with Crippen molar-refractivity contribution in [2.24, 2.45) is 11.8 Å². The summed E-state index contributed by atoms with van der Waals surface area (Å²) in [5.41, 5.74) is 0.752. The fraction of sp³-hybridized carbons (Fsp3) is 0.294. The Bertz CT molecular complexity index is 537. The summed E-state index contributed by atoms with van der Waals surface area (Å²) >= 11 is 0. The molecule has 1 aromatic rings. The van der Waals surface area contributed by atoms with Gasteiger partial charge in [-0.2, -0.15) is 0 Å². The highest BCUT2D eigenvalue weighted by molar-refractivity contribution is 5.96. The number of para-hydroxylation sites is 1. The molecule has 1 aromatic carbocycles. The van der Waals surface area contributed by atoms with Gasteiger partial charge < -0.3 is 10.6 Å². The summed E-state index contributed by atoms with van der Waals surface area (Å²) in [6.45, 7) is 4.00. The van der Waals surface area contributed by atoms with E-state index >= 15 is 0 Å². The molecule has 0 fully saturated rings. The lowest BCUT2D eigenvalue weighted by atomic mass is 9.81. The Morgan fingerprint density at radius 3 is 2.33 bits per heavy atom. The number of amides is 2. The Labute approximate surface area is 124 Å². The third-order valence-corrected chi connectivity index (χ3v) is 3.57. The quantitative estimate of drug-likeness (QED) is 0.816. The van der Waals surface area contributed by atoms with Crippen molar-refractivity contribution in [1.82, 2.24) is 5.32 Å². The smallest absolute Gasteiger partial charge is 0.228 e. The molecule has 0 bridgehead atoms. The monoisotopic (exact) mass is 284 g/mol. The van der Waals surface area contributed by atoms with E-state index in [1.165, 1.54) is 0 Å². The molecule has 2 N–H and O–H groups in total. The van der Waals surface area contributed by atoms with Crippen molar-refractivity contribution in [3.63, 3.8) is 0 Å². The lowest BCUT2D eigenvalue weighted by molar-refractivity contribution is -0.132. The molecule has 4 heteroatoms. The first kappa shape index (κ1) is 15.0. The second-order valence-electron chi connectivity index (χ2n) is 5.04. The number of hydrogen-bond donors (Lipinski definition) is 2. The number of anilines is 1. The summed E-state index contributed by atoms with van der Waals surface area (Å²) < 4.78 is 0. The lowest BCUT2D eigenvalue weighted by Crippen LogP contribution is -2.40. The van der Waals surface area contributed by atoms with Crippen molar-refractivity contribution in [3.8, 4) is 0 Å². The van der Waals surface area contributed by atoms with E-state index in [1.54, 1.807) is 6.08 Å². The van der Waals surface area contributed by atoms with Gasteiger partial charge in [-0.05, 0) is 25.0 Å². The van der Waals surface area contributed by atoms with Crippen LogP contribution in [0.3, 0.4) is 0 Å².